The van der Waals surface area contributed by atoms with E-state index in [1.807, 2.05) is 7.05 Å². The molecule has 3 heteroatoms. The van der Waals surface area contributed by atoms with Gasteiger partial charge in [0, 0.05) is 6.04 Å². The van der Waals surface area contributed by atoms with Crippen LogP contribution in [0.5, 0.6) is 0 Å². The predicted octanol–water partition coefficient (Wildman–Crippen LogP) is 3.28. The summed E-state index contributed by atoms with van der Waals surface area (Å²) >= 11 is 0. The van der Waals surface area contributed by atoms with Crippen LogP contribution in [0.3, 0.4) is 0 Å². The van der Waals surface area contributed by atoms with Gasteiger partial charge in [0.2, 0.25) is 0 Å². The molecule has 0 bridgehead atoms. The summed E-state index contributed by atoms with van der Waals surface area (Å²) in [5, 5.41) is 9.68. The molecule has 0 aromatic heterocycles. The molecule has 1 saturated carbocycles. The molecule has 1 N–H and O–H groups in total. The number of likely N-dealkylation sites (N-methyl/N-ethyl adjacent to an activating group) is 1. The lowest BCUT2D eigenvalue weighted by atomic mass is 9.81. The number of carbonyl (C=O) groups is 1. The van der Waals surface area contributed by atoms with Gasteiger partial charge in [-0.1, -0.05) is 39.0 Å². The minimum Gasteiger partial charge on any atom is -0.480 e. The highest BCUT2D eigenvalue weighted by Crippen LogP contribution is 2.33. The average Bonchev–Trinajstić information content (AvgIpc) is 2.27. The summed E-state index contributed by atoms with van der Waals surface area (Å²) in [5.41, 5.74) is -0.615. The Morgan fingerprint density at radius 3 is 2.12 bits per heavy atom. The van der Waals surface area contributed by atoms with Crippen LogP contribution in [0.1, 0.15) is 65.2 Å². The van der Waals surface area contributed by atoms with Crippen LogP contribution in [0, 0.1) is 0 Å². The molecule has 0 radical (unpaired) electrons. The standard InChI is InChI=1S/C14H27NO2/c1-4-12(2)15(3)14(13(16)17)10-8-6-5-7-9-11-14/h12H,4-11H2,1-3H3,(H,16,17). The zero-order chi connectivity index (χ0) is 12.9. The van der Waals surface area contributed by atoms with Crippen molar-refractivity contribution >= 4 is 5.97 Å². The monoisotopic (exact) mass is 241 g/mol. The number of nitrogens with zero attached hydrogens (tertiary/aromatic N) is 1. The van der Waals surface area contributed by atoms with Crippen molar-refractivity contribution in [2.45, 2.75) is 76.8 Å². The van der Waals surface area contributed by atoms with Crippen LogP contribution in [-0.4, -0.2) is 34.6 Å². The Morgan fingerprint density at radius 1 is 1.24 bits per heavy atom. The van der Waals surface area contributed by atoms with Crippen molar-refractivity contribution in [1.82, 2.24) is 4.90 Å². The zero-order valence-corrected chi connectivity index (χ0v) is 11.5. The van der Waals surface area contributed by atoms with E-state index in [1.54, 1.807) is 0 Å². The third kappa shape index (κ3) is 3.21. The Hall–Kier alpha value is -0.570. The van der Waals surface area contributed by atoms with Gasteiger partial charge in [0.25, 0.3) is 0 Å². The number of hydrogen-bond acceptors (Lipinski definition) is 2. The molecule has 0 spiro atoms. The minimum absolute atomic E-state index is 0.338. The van der Waals surface area contributed by atoms with Crippen molar-refractivity contribution < 1.29 is 9.90 Å². The van der Waals surface area contributed by atoms with E-state index in [-0.39, 0.29) is 0 Å². The molecule has 1 fully saturated rings. The Labute approximate surface area is 105 Å². The van der Waals surface area contributed by atoms with Gasteiger partial charge in [0.05, 0.1) is 0 Å². The molecule has 1 aliphatic rings. The second kappa shape index (κ2) is 6.39. The molecule has 3 nitrogen and oxygen atoms in total. The van der Waals surface area contributed by atoms with Crippen LogP contribution in [0.15, 0.2) is 0 Å². The van der Waals surface area contributed by atoms with Gasteiger partial charge in [0.15, 0.2) is 0 Å². The van der Waals surface area contributed by atoms with Crippen molar-refractivity contribution in [1.29, 1.82) is 0 Å². The summed E-state index contributed by atoms with van der Waals surface area (Å²) < 4.78 is 0. The van der Waals surface area contributed by atoms with E-state index in [4.69, 9.17) is 0 Å². The van der Waals surface area contributed by atoms with Gasteiger partial charge in [-0.3, -0.25) is 9.69 Å². The van der Waals surface area contributed by atoms with Gasteiger partial charge in [-0.15, -0.1) is 0 Å². The second-order valence-corrected chi connectivity index (χ2v) is 5.47. The number of hydrogen-bond donors (Lipinski definition) is 1. The van der Waals surface area contributed by atoms with Crippen molar-refractivity contribution in [2.75, 3.05) is 7.05 Å². The van der Waals surface area contributed by atoms with E-state index < -0.39 is 11.5 Å². The van der Waals surface area contributed by atoms with Crippen molar-refractivity contribution in [3.05, 3.63) is 0 Å². The van der Waals surface area contributed by atoms with Crippen molar-refractivity contribution in [3.63, 3.8) is 0 Å². The molecule has 1 rings (SSSR count). The van der Waals surface area contributed by atoms with Gasteiger partial charge < -0.3 is 5.11 Å². The molecule has 17 heavy (non-hydrogen) atoms. The highest BCUT2D eigenvalue weighted by atomic mass is 16.4. The molecule has 1 atom stereocenters. The number of carboxylic acids is 1. The highest BCUT2D eigenvalue weighted by molar-refractivity contribution is 5.78. The predicted molar refractivity (Wildman–Crippen MR) is 70.2 cm³/mol. The van der Waals surface area contributed by atoms with Crippen molar-refractivity contribution in [3.8, 4) is 0 Å². The largest absolute Gasteiger partial charge is 0.480 e. The maximum atomic E-state index is 11.8. The Kier molecular flexibility index (Phi) is 5.44. The van der Waals surface area contributed by atoms with Gasteiger partial charge in [0.1, 0.15) is 5.54 Å². The van der Waals surface area contributed by atoms with Crippen LogP contribution in [0.4, 0.5) is 0 Å². The van der Waals surface area contributed by atoms with Gasteiger partial charge >= 0.3 is 5.97 Å². The Balaban J connectivity index is 2.88. The van der Waals surface area contributed by atoms with E-state index in [0.717, 1.165) is 32.1 Å². The molecule has 1 aliphatic carbocycles. The Morgan fingerprint density at radius 2 is 1.71 bits per heavy atom. The van der Waals surface area contributed by atoms with Crippen LogP contribution >= 0.6 is 0 Å². The van der Waals surface area contributed by atoms with E-state index in [2.05, 4.69) is 18.7 Å². The topological polar surface area (TPSA) is 40.5 Å². The third-order valence-electron chi connectivity index (χ3n) is 4.51. The Bertz CT molecular complexity index is 245. The second-order valence-electron chi connectivity index (χ2n) is 5.47. The molecule has 0 heterocycles. The summed E-state index contributed by atoms with van der Waals surface area (Å²) in [7, 11) is 1.99. The van der Waals surface area contributed by atoms with Crippen LogP contribution in [0.25, 0.3) is 0 Å². The lowest BCUT2D eigenvalue weighted by molar-refractivity contribution is -0.154. The minimum atomic E-state index is -0.623. The lowest BCUT2D eigenvalue weighted by Crippen LogP contribution is -2.56. The fourth-order valence-corrected chi connectivity index (χ4v) is 2.90. The third-order valence-corrected chi connectivity index (χ3v) is 4.51. The van der Waals surface area contributed by atoms with Crippen LogP contribution in [0.2, 0.25) is 0 Å². The molecule has 0 amide bonds. The van der Waals surface area contributed by atoms with Gasteiger partial charge in [-0.05, 0) is 33.2 Å². The molecule has 0 aliphatic heterocycles. The van der Waals surface area contributed by atoms with Gasteiger partial charge in [-0.2, -0.15) is 0 Å². The first-order valence-electron chi connectivity index (χ1n) is 7.01. The maximum Gasteiger partial charge on any atom is 0.324 e. The van der Waals surface area contributed by atoms with E-state index in [9.17, 15) is 9.90 Å². The zero-order valence-electron chi connectivity index (χ0n) is 11.5. The molecular weight excluding hydrogens is 214 g/mol. The summed E-state index contributed by atoms with van der Waals surface area (Å²) in [4.78, 5) is 13.9. The SMILES string of the molecule is CCC(C)N(C)C1(C(=O)O)CCCCCCC1. The average molecular weight is 241 g/mol. The van der Waals surface area contributed by atoms with E-state index in [0.29, 0.717) is 6.04 Å². The molecule has 0 saturated heterocycles. The first kappa shape index (κ1) is 14.5. The van der Waals surface area contributed by atoms with Gasteiger partial charge in [-0.25, -0.2) is 0 Å². The fraction of sp³-hybridized carbons (Fsp3) is 0.929. The molecule has 100 valence electrons. The maximum absolute atomic E-state index is 11.8. The highest BCUT2D eigenvalue weighted by Gasteiger charge is 2.43. The van der Waals surface area contributed by atoms with Crippen LogP contribution < -0.4 is 0 Å². The summed E-state index contributed by atoms with van der Waals surface area (Å²) in [5.74, 6) is -0.623. The molecule has 0 aromatic rings. The quantitative estimate of drug-likeness (QED) is 0.821. The first-order chi connectivity index (χ1) is 8.04. The first-order valence-corrected chi connectivity index (χ1v) is 7.01. The molecular formula is C14H27NO2. The van der Waals surface area contributed by atoms with E-state index in [1.165, 1.54) is 19.3 Å². The van der Waals surface area contributed by atoms with Crippen molar-refractivity contribution in [2.24, 2.45) is 0 Å². The molecule has 1 unspecified atom stereocenters. The summed E-state index contributed by atoms with van der Waals surface area (Å²) in [6, 6.07) is 0.338. The fourth-order valence-electron chi connectivity index (χ4n) is 2.90. The number of rotatable bonds is 4. The lowest BCUT2D eigenvalue weighted by Gasteiger charge is -2.42. The molecule has 0 aromatic carbocycles. The van der Waals surface area contributed by atoms with Crippen LogP contribution in [-0.2, 0) is 4.79 Å². The van der Waals surface area contributed by atoms with E-state index >= 15 is 0 Å². The number of aliphatic carboxylic acids is 1. The summed E-state index contributed by atoms with van der Waals surface area (Å²) in [6.45, 7) is 4.25. The smallest absolute Gasteiger partial charge is 0.324 e. The normalized spacial score (nSPS) is 22.8. The summed E-state index contributed by atoms with van der Waals surface area (Å²) in [6.07, 6.45) is 8.35. The number of carboxylic acid groups (broad SMARTS) is 1.